The summed E-state index contributed by atoms with van der Waals surface area (Å²) < 4.78 is 13.6. The third-order valence-corrected chi connectivity index (χ3v) is 7.42. The Balaban J connectivity index is 1.35. The van der Waals surface area contributed by atoms with Gasteiger partial charge in [-0.1, -0.05) is 78.3 Å². The predicted octanol–water partition coefficient (Wildman–Crippen LogP) is 8.36. The molecule has 0 fully saturated rings. The van der Waals surface area contributed by atoms with Gasteiger partial charge >= 0.3 is 0 Å². The van der Waals surface area contributed by atoms with Gasteiger partial charge in [0.25, 0.3) is 5.91 Å². The number of carbonyl (C=O) groups is 2. The highest BCUT2D eigenvalue weighted by atomic mass is 35.5. The molecule has 5 rings (SSSR count). The van der Waals surface area contributed by atoms with Crippen molar-refractivity contribution in [2.75, 3.05) is 10.6 Å². The van der Waals surface area contributed by atoms with Crippen LogP contribution < -0.4 is 10.6 Å². The van der Waals surface area contributed by atoms with Crippen molar-refractivity contribution in [3.63, 3.8) is 0 Å². The molecule has 0 aliphatic rings. The first-order valence-corrected chi connectivity index (χ1v) is 13.1. The summed E-state index contributed by atoms with van der Waals surface area (Å²) >= 11 is 7.23. The fraction of sp³-hybridized carbons (Fsp3) is 0.0323. The van der Waals surface area contributed by atoms with Crippen LogP contribution in [0.5, 0.6) is 0 Å². The van der Waals surface area contributed by atoms with Gasteiger partial charge in [-0.3, -0.25) is 9.59 Å². The molecule has 1 atom stereocenters. The first-order chi connectivity index (χ1) is 18.5. The van der Waals surface area contributed by atoms with Crippen LogP contribution in [-0.2, 0) is 4.79 Å². The van der Waals surface area contributed by atoms with E-state index in [1.54, 1.807) is 12.1 Å². The van der Waals surface area contributed by atoms with Crippen molar-refractivity contribution in [2.24, 2.45) is 0 Å². The molecule has 188 valence electrons. The van der Waals surface area contributed by atoms with Gasteiger partial charge in [-0.25, -0.2) is 4.39 Å². The number of fused-ring (bicyclic) bond motifs is 1. The average molecular weight is 541 g/mol. The van der Waals surface area contributed by atoms with Gasteiger partial charge in [0.1, 0.15) is 11.1 Å². The zero-order chi connectivity index (χ0) is 26.5. The van der Waals surface area contributed by atoms with E-state index in [0.29, 0.717) is 16.9 Å². The molecular formula is C31H22ClFN2O2S. The van der Waals surface area contributed by atoms with Crippen LogP contribution >= 0.6 is 23.4 Å². The number of hydrogen-bond acceptors (Lipinski definition) is 3. The van der Waals surface area contributed by atoms with Gasteiger partial charge in [-0.2, -0.15) is 0 Å². The monoisotopic (exact) mass is 540 g/mol. The van der Waals surface area contributed by atoms with E-state index in [0.717, 1.165) is 21.2 Å². The number of halogens is 2. The Morgan fingerprint density at radius 3 is 2.24 bits per heavy atom. The number of rotatable bonds is 7. The molecule has 5 aromatic rings. The molecule has 0 spiro atoms. The second-order valence-electron chi connectivity index (χ2n) is 8.57. The third kappa shape index (κ3) is 6.05. The smallest absolute Gasteiger partial charge is 0.255 e. The first kappa shape index (κ1) is 25.5. The second-order valence-corrected chi connectivity index (χ2v) is 10.2. The van der Waals surface area contributed by atoms with Gasteiger partial charge in [-0.05, 0) is 64.9 Å². The van der Waals surface area contributed by atoms with Crippen LogP contribution in [-0.4, -0.2) is 11.8 Å². The van der Waals surface area contributed by atoms with Gasteiger partial charge in [0.2, 0.25) is 5.91 Å². The van der Waals surface area contributed by atoms with Crippen LogP contribution in [0.4, 0.5) is 15.8 Å². The maximum atomic E-state index is 13.6. The summed E-state index contributed by atoms with van der Waals surface area (Å²) in [4.78, 5) is 27.1. The molecule has 5 aromatic carbocycles. The van der Waals surface area contributed by atoms with Gasteiger partial charge < -0.3 is 10.6 Å². The summed E-state index contributed by atoms with van der Waals surface area (Å²) in [6.07, 6.45) is 0. The van der Waals surface area contributed by atoms with Crippen molar-refractivity contribution in [1.29, 1.82) is 0 Å². The number of carbonyl (C=O) groups excluding carboxylic acids is 2. The first-order valence-electron chi connectivity index (χ1n) is 11.8. The Kier molecular flexibility index (Phi) is 7.73. The molecule has 2 amide bonds. The molecule has 0 aliphatic heterocycles. The Bertz CT molecular complexity index is 1630. The summed E-state index contributed by atoms with van der Waals surface area (Å²) in [5.74, 6) is -1.06. The standard InChI is InChI=1S/C31H22ClFN2O2S/c32-27-19-25(15-16-28(27)33)35-31(37)29(21-8-2-1-3-9-21)38-26-12-6-11-24(18-26)34-30(36)23-14-13-20-7-4-5-10-22(20)17-23/h1-19,29H,(H,34,36)(H,35,37). The van der Waals surface area contributed by atoms with E-state index in [4.69, 9.17) is 11.6 Å². The maximum absolute atomic E-state index is 13.6. The molecule has 0 bridgehead atoms. The second kappa shape index (κ2) is 11.5. The topological polar surface area (TPSA) is 58.2 Å². The minimum atomic E-state index is -0.605. The lowest BCUT2D eigenvalue weighted by molar-refractivity contribution is -0.115. The van der Waals surface area contributed by atoms with Gasteiger partial charge in [0, 0.05) is 21.8 Å². The zero-order valence-corrected chi connectivity index (χ0v) is 21.6. The van der Waals surface area contributed by atoms with Crippen LogP contribution in [0.15, 0.2) is 120 Å². The number of thioether (sulfide) groups is 1. The minimum Gasteiger partial charge on any atom is -0.325 e. The molecule has 0 aliphatic carbocycles. The SMILES string of the molecule is O=C(Nc1cccc(SC(C(=O)Nc2ccc(F)c(Cl)c2)c2ccccc2)c1)c1ccc2ccccc2c1. The summed E-state index contributed by atoms with van der Waals surface area (Å²) in [6, 6.07) is 34.2. The number of hydrogen-bond donors (Lipinski definition) is 2. The number of amides is 2. The predicted molar refractivity (Wildman–Crippen MR) is 153 cm³/mol. The lowest BCUT2D eigenvalue weighted by Gasteiger charge is -2.18. The maximum Gasteiger partial charge on any atom is 0.255 e. The molecule has 1 unspecified atom stereocenters. The molecule has 0 heterocycles. The van der Waals surface area contributed by atoms with Crippen molar-refractivity contribution in [2.45, 2.75) is 10.1 Å². The fourth-order valence-corrected chi connectivity index (χ4v) is 5.26. The van der Waals surface area contributed by atoms with E-state index >= 15 is 0 Å². The van der Waals surface area contributed by atoms with E-state index in [-0.39, 0.29) is 16.8 Å². The molecule has 0 saturated carbocycles. The Morgan fingerprint density at radius 2 is 1.45 bits per heavy atom. The quantitative estimate of drug-likeness (QED) is 0.204. The van der Waals surface area contributed by atoms with Crippen molar-refractivity contribution < 1.29 is 14.0 Å². The molecule has 38 heavy (non-hydrogen) atoms. The average Bonchev–Trinajstić information content (AvgIpc) is 2.94. The highest BCUT2D eigenvalue weighted by Gasteiger charge is 2.23. The van der Waals surface area contributed by atoms with E-state index in [1.807, 2.05) is 84.9 Å². The summed E-state index contributed by atoms with van der Waals surface area (Å²) in [7, 11) is 0. The third-order valence-electron chi connectivity index (χ3n) is 5.89. The largest absolute Gasteiger partial charge is 0.325 e. The molecule has 7 heteroatoms. The van der Waals surface area contributed by atoms with E-state index in [1.165, 1.54) is 30.0 Å². The highest BCUT2D eigenvalue weighted by Crippen LogP contribution is 2.37. The van der Waals surface area contributed by atoms with Crippen LogP contribution in [0, 0.1) is 5.82 Å². The Hall–Kier alpha value is -4.13. The summed E-state index contributed by atoms with van der Waals surface area (Å²) in [5, 5.41) is 7.17. The highest BCUT2D eigenvalue weighted by molar-refractivity contribution is 8.00. The van der Waals surface area contributed by atoms with Crippen molar-refractivity contribution in [3.8, 4) is 0 Å². The molecule has 0 saturated heterocycles. The number of anilines is 2. The Labute approximate surface area is 228 Å². The lowest BCUT2D eigenvalue weighted by Crippen LogP contribution is -2.19. The van der Waals surface area contributed by atoms with Gasteiger partial charge in [0.15, 0.2) is 0 Å². The minimum absolute atomic E-state index is 0.0680. The van der Waals surface area contributed by atoms with E-state index < -0.39 is 11.1 Å². The van der Waals surface area contributed by atoms with E-state index in [9.17, 15) is 14.0 Å². The van der Waals surface area contributed by atoms with Crippen molar-refractivity contribution >= 4 is 57.3 Å². The lowest BCUT2D eigenvalue weighted by atomic mass is 10.1. The molecule has 0 aromatic heterocycles. The number of nitrogens with one attached hydrogen (secondary N) is 2. The van der Waals surface area contributed by atoms with E-state index in [2.05, 4.69) is 10.6 Å². The van der Waals surface area contributed by atoms with Crippen LogP contribution in [0.3, 0.4) is 0 Å². The normalized spacial score (nSPS) is 11.6. The summed E-state index contributed by atoms with van der Waals surface area (Å²) in [6.45, 7) is 0. The van der Waals surface area contributed by atoms with Gasteiger partial charge in [-0.15, -0.1) is 11.8 Å². The molecule has 0 radical (unpaired) electrons. The van der Waals surface area contributed by atoms with Crippen LogP contribution in [0.1, 0.15) is 21.2 Å². The Morgan fingerprint density at radius 1 is 0.711 bits per heavy atom. The summed E-state index contributed by atoms with van der Waals surface area (Å²) in [5.41, 5.74) is 2.38. The number of benzene rings is 5. The van der Waals surface area contributed by atoms with Crippen LogP contribution in [0.25, 0.3) is 10.8 Å². The van der Waals surface area contributed by atoms with Crippen molar-refractivity contribution in [1.82, 2.24) is 0 Å². The zero-order valence-electron chi connectivity index (χ0n) is 20.0. The van der Waals surface area contributed by atoms with Gasteiger partial charge in [0.05, 0.1) is 5.02 Å². The molecular weight excluding hydrogens is 519 g/mol. The van der Waals surface area contributed by atoms with Crippen LogP contribution in [0.2, 0.25) is 5.02 Å². The molecule has 4 nitrogen and oxygen atoms in total. The molecule has 2 N–H and O–H groups in total. The fourth-order valence-electron chi connectivity index (χ4n) is 4.00. The van der Waals surface area contributed by atoms with Crippen molar-refractivity contribution in [3.05, 3.63) is 137 Å².